The quantitative estimate of drug-likeness (QED) is 0.120. The van der Waals surface area contributed by atoms with Gasteiger partial charge in [0.15, 0.2) is 0 Å². The minimum atomic E-state index is -2.17. The number of benzene rings is 13. The summed E-state index contributed by atoms with van der Waals surface area (Å²) in [6, 6.07) is 74.4. The van der Waals surface area contributed by atoms with Gasteiger partial charge in [-0.05, 0) is 210 Å². The van der Waals surface area contributed by atoms with E-state index < -0.39 is 54.2 Å². The van der Waals surface area contributed by atoms with E-state index in [0.29, 0.717) is 117 Å². The molecule has 13 aromatic carbocycles. The van der Waals surface area contributed by atoms with Crippen LogP contribution in [-0.4, -0.2) is 15.8 Å². The first-order valence-electron chi connectivity index (χ1n) is 44.1. The normalized spacial score (nSPS) is 15.6. The Morgan fingerprint density at radius 2 is 0.632 bits per heavy atom. The van der Waals surface area contributed by atoms with Gasteiger partial charge in [0.25, 0.3) is 6.71 Å². The molecule has 2 aliphatic rings. The van der Waals surface area contributed by atoms with E-state index in [9.17, 15) is 19.2 Å². The summed E-state index contributed by atoms with van der Waals surface area (Å²) in [5, 5.41) is 2.00. The highest BCUT2D eigenvalue weighted by Crippen LogP contribution is 2.55. The summed E-state index contributed by atoms with van der Waals surface area (Å²) in [7, 11) is 0. The van der Waals surface area contributed by atoms with Gasteiger partial charge in [-0.25, -0.2) is 0 Å². The van der Waals surface area contributed by atoms with Gasteiger partial charge in [0.05, 0.1) is 44.4 Å². The number of para-hydroxylation sites is 2. The number of hydrogen-bond acceptors (Lipinski definition) is 2. The maximum Gasteiger partial charge on any atom is 0.252 e. The second-order valence-corrected chi connectivity index (χ2v) is 34.0. The molecule has 15 aromatic rings. The Morgan fingerprint density at radius 3 is 0.953 bits per heavy atom. The Labute approximate surface area is 648 Å². The van der Waals surface area contributed by atoms with E-state index >= 15 is 0 Å². The molecule has 0 saturated heterocycles. The summed E-state index contributed by atoms with van der Waals surface area (Å²) >= 11 is 0. The predicted octanol–water partition coefficient (Wildman–Crippen LogP) is 26.0. The molecule has 0 fully saturated rings. The van der Waals surface area contributed by atoms with E-state index in [1.165, 1.54) is 0 Å². The lowest BCUT2D eigenvalue weighted by molar-refractivity contribution is 0.411. The van der Waals surface area contributed by atoms with Crippen LogP contribution in [0.4, 0.5) is 34.1 Å². The molecule has 0 N–H and O–H groups in total. The van der Waals surface area contributed by atoms with Gasteiger partial charge < -0.3 is 18.9 Å². The fraction of sp³-hybridized carbons (Fsp3) is 0.228. The highest BCUT2D eigenvalue weighted by atomic mass is 15.2. The van der Waals surface area contributed by atoms with Gasteiger partial charge in [0, 0.05) is 86.1 Å². The van der Waals surface area contributed by atoms with Crippen LogP contribution < -0.4 is 26.2 Å². The largest absolute Gasteiger partial charge is 0.310 e. The van der Waals surface area contributed by atoms with Gasteiger partial charge in [0.1, 0.15) is 0 Å². The molecule has 2 aromatic heterocycles. The van der Waals surface area contributed by atoms with E-state index in [4.69, 9.17) is 0 Å². The van der Waals surface area contributed by atoms with Crippen LogP contribution in [0.3, 0.4) is 0 Å². The molecular weight excluding hydrogens is 1280 g/mol. The Kier molecular flexibility index (Phi) is 12.9. The van der Waals surface area contributed by atoms with E-state index in [1.54, 1.807) is 0 Å². The molecule has 0 spiro atoms. The second-order valence-electron chi connectivity index (χ2n) is 34.0. The molecule has 0 unspecified atom stereocenters. The number of nitrogens with zero attached hydrogens (tertiary/aromatic N) is 4. The van der Waals surface area contributed by atoms with E-state index in [2.05, 4.69) is 99.9 Å². The third-order valence-electron chi connectivity index (χ3n) is 20.6. The van der Waals surface area contributed by atoms with Crippen molar-refractivity contribution in [3.8, 4) is 55.9 Å². The van der Waals surface area contributed by atoms with Crippen molar-refractivity contribution in [3.05, 3.63) is 307 Å². The lowest BCUT2D eigenvalue weighted by atomic mass is 9.33. The minimum absolute atomic E-state index is 0.176. The van der Waals surface area contributed by atoms with Gasteiger partial charge in [0.2, 0.25) is 0 Å². The predicted molar refractivity (Wildman–Crippen MR) is 458 cm³/mol. The summed E-state index contributed by atoms with van der Waals surface area (Å²) in [6.07, 6.45) is -6.07. The van der Waals surface area contributed by atoms with Crippen molar-refractivity contribution in [3.63, 3.8) is 0 Å². The van der Waals surface area contributed by atoms with Gasteiger partial charge in [-0.3, -0.25) is 0 Å². The topological polar surface area (TPSA) is 16.3 Å². The number of aromatic nitrogens is 2. The number of fused-ring (bicyclic) bond motifs is 10. The summed E-state index contributed by atoms with van der Waals surface area (Å²) in [6.45, 7) is 29.1. The monoisotopic (exact) mass is 1390 g/mol. The first-order chi connectivity index (χ1) is 56.3. The van der Waals surface area contributed by atoms with Crippen LogP contribution in [0, 0.1) is 16.2 Å². The zero-order valence-corrected chi connectivity index (χ0v) is 63.3. The molecule has 524 valence electrons. The summed E-state index contributed by atoms with van der Waals surface area (Å²) in [5.74, 6) is 0. The van der Waals surface area contributed by atoms with Crippen molar-refractivity contribution in [2.24, 2.45) is 16.2 Å². The number of anilines is 6. The van der Waals surface area contributed by atoms with Crippen molar-refractivity contribution >= 4 is 101 Å². The summed E-state index contributed by atoms with van der Waals surface area (Å²) in [5.41, 5.74) is 14.0. The van der Waals surface area contributed by atoms with E-state index in [-0.39, 0.29) is 58.1 Å². The van der Waals surface area contributed by atoms with Crippen LogP contribution in [0.5, 0.6) is 0 Å². The molecule has 4 nitrogen and oxygen atoms in total. The fourth-order valence-electron chi connectivity index (χ4n) is 16.3. The molecule has 0 saturated carbocycles. The van der Waals surface area contributed by atoms with Crippen molar-refractivity contribution in [1.82, 2.24) is 9.13 Å². The van der Waals surface area contributed by atoms with Gasteiger partial charge in [-0.1, -0.05) is 286 Å². The molecular formula is C101H97BN4. The molecule has 0 atom stereocenters. The molecule has 5 heteroatoms. The molecule has 0 radical (unpaired) electrons. The van der Waals surface area contributed by atoms with Crippen LogP contribution in [0.25, 0.3) is 99.5 Å². The van der Waals surface area contributed by atoms with Crippen molar-refractivity contribution < 1.29 is 19.2 Å². The average Bonchev–Trinajstić information content (AvgIpc) is 0.772. The third kappa shape index (κ3) is 12.2. The van der Waals surface area contributed by atoms with E-state index in [0.717, 1.165) is 49.8 Å². The Morgan fingerprint density at radius 1 is 0.311 bits per heavy atom. The maximum absolute atomic E-state index is 11.0. The standard InChI is InChI=1S/C101H97BN4/c1-97(2,3)62-65-52-78(68-32-20-16-21-33-68)95(79(53-65)69-34-22-17-23-35-69)105-90-60-74(103-86-42-30-28-40-76(86)82-58-72(100(10,11)12)44-50-88(82)103)46-48-84(90)102-85-49-47-75(104-87-43-31-29-41-77(87)83-59-73(101(13,14)15)45-51-89(83)104)61-91(85)106(93-57-67(64-99(7,8)9)56-92(105)94(93)102)96-80(70-36-24-18-25-37-70)54-66(63-98(4,5)6)55-81(96)71-38-26-19-27-39-71/h16-61H,62-64H2,1-15H3/i28D,29D,30D,31D,40D,41D,42D,43D,62D2,63D2,64D2. The first kappa shape index (κ1) is 53.8. The van der Waals surface area contributed by atoms with Gasteiger partial charge >= 0.3 is 0 Å². The lowest BCUT2D eigenvalue weighted by Gasteiger charge is -2.46. The molecule has 17 rings (SSSR count). The van der Waals surface area contributed by atoms with E-state index in [1.807, 2.05) is 253 Å². The Bertz CT molecular complexity index is 6250. The number of rotatable bonds is 11. The zero-order valence-electron chi connectivity index (χ0n) is 77.3. The van der Waals surface area contributed by atoms with Crippen molar-refractivity contribution in [1.29, 1.82) is 0 Å². The molecule has 106 heavy (non-hydrogen) atoms. The van der Waals surface area contributed by atoms with Gasteiger partial charge in [-0.2, -0.15) is 0 Å². The number of hydrogen-bond donors (Lipinski definition) is 0. The Balaban J connectivity index is 1.12. The van der Waals surface area contributed by atoms with Crippen LogP contribution in [-0.2, 0) is 29.9 Å². The smallest absolute Gasteiger partial charge is 0.252 e. The molecule has 2 aliphatic heterocycles. The molecule has 0 aliphatic carbocycles. The minimum Gasteiger partial charge on any atom is -0.310 e. The fourth-order valence-corrected chi connectivity index (χ4v) is 16.3. The van der Waals surface area contributed by atoms with Crippen LogP contribution >= 0.6 is 0 Å². The average molecular weight is 1390 g/mol. The highest BCUT2D eigenvalue weighted by molar-refractivity contribution is 7.00. The first-order valence-corrected chi connectivity index (χ1v) is 37.1. The van der Waals surface area contributed by atoms with Gasteiger partial charge in [-0.15, -0.1) is 0 Å². The van der Waals surface area contributed by atoms with Crippen LogP contribution in [0.2, 0.25) is 0 Å². The van der Waals surface area contributed by atoms with Crippen LogP contribution in [0.15, 0.2) is 279 Å². The van der Waals surface area contributed by atoms with Crippen molar-refractivity contribution in [2.75, 3.05) is 9.80 Å². The molecule has 4 heterocycles. The molecule has 0 amide bonds. The summed E-state index contributed by atoms with van der Waals surface area (Å²) < 4.78 is 144. The maximum atomic E-state index is 11.0. The zero-order chi connectivity index (χ0) is 85.9. The summed E-state index contributed by atoms with van der Waals surface area (Å²) in [4.78, 5) is 4.51. The SMILES string of the molecule is [2H]c1c([2H])c([2H])c2c(c1[2H])c1cc(C(C)(C)C)ccc1n2-c1ccc2c(c1)N(c1c(-c3ccccc3)cc(C([2H])([2H])C(C)(C)C)cc1-c1ccccc1)c1cc(C([2H])([2H])C(C)(C)C)cc3c1B2c1ccc(-n2c4ccc(C(C)(C)C)cc4c4c([2H])c([2H])c([2H])c([2H])c42)cc1N3c1c(-c2ccccc2)cc(C([2H])([2H])C(C)(C)C)cc1-c1ccccc1. The highest BCUT2D eigenvalue weighted by Gasteiger charge is 2.46. The van der Waals surface area contributed by atoms with Crippen LogP contribution in [0.1, 0.15) is 151 Å². The third-order valence-corrected chi connectivity index (χ3v) is 20.6. The molecule has 0 bridgehead atoms. The second kappa shape index (κ2) is 25.4. The lowest BCUT2D eigenvalue weighted by Crippen LogP contribution is -2.61. The Hall–Kier alpha value is -10.9. The van der Waals surface area contributed by atoms with Crippen molar-refractivity contribution in [2.45, 2.75) is 134 Å².